The Morgan fingerprint density at radius 2 is 2.07 bits per heavy atom. The summed E-state index contributed by atoms with van der Waals surface area (Å²) in [5.74, 6) is 0.626. The van der Waals surface area contributed by atoms with Gasteiger partial charge in [-0.25, -0.2) is 4.98 Å². The molecule has 0 atom stereocenters. The Bertz CT molecular complexity index is 286. The fourth-order valence-corrected chi connectivity index (χ4v) is 2.76. The number of halogens is 1. The SMILES string of the molecule is CCc1csc(NC(CC)(CC)CCl)n1. The summed E-state index contributed by atoms with van der Waals surface area (Å²) < 4.78 is 0. The molecule has 1 aromatic rings. The van der Waals surface area contributed by atoms with Crippen LogP contribution in [-0.4, -0.2) is 16.4 Å². The molecule has 2 nitrogen and oxygen atoms in total. The van der Waals surface area contributed by atoms with Gasteiger partial charge in [-0.05, 0) is 19.3 Å². The van der Waals surface area contributed by atoms with Gasteiger partial charge in [0.05, 0.1) is 11.2 Å². The maximum Gasteiger partial charge on any atom is 0.183 e. The lowest BCUT2D eigenvalue weighted by Gasteiger charge is -2.30. The van der Waals surface area contributed by atoms with E-state index in [2.05, 4.69) is 36.5 Å². The van der Waals surface area contributed by atoms with Crippen LogP contribution in [0.2, 0.25) is 0 Å². The van der Waals surface area contributed by atoms with E-state index >= 15 is 0 Å². The van der Waals surface area contributed by atoms with Crippen molar-refractivity contribution in [1.29, 1.82) is 0 Å². The first-order valence-electron chi connectivity index (χ1n) is 5.48. The van der Waals surface area contributed by atoms with Gasteiger partial charge in [-0.2, -0.15) is 0 Å². The summed E-state index contributed by atoms with van der Waals surface area (Å²) >= 11 is 7.70. The van der Waals surface area contributed by atoms with Crippen molar-refractivity contribution in [2.75, 3.05) is 11.2 Å². The van der Waals surface area contributed by atoms with E-state index in [9.17, 15) is 0 Å². The number of alkyl halides is 1. The average Bonchev–Trinajstić information content (AvgIpc) is 2.73. The quantitative estimate of drug-likeness (QED) is 0.770. The van der Waals surface area contributed by atoms with E-state index < -0.39 is 0 Å². The molecule has 1 heterocycles. The summed E-state index contributed by atoms with van der Waals surface area (Å²) in [6, 6.07) is 0. The zero-order valence-electron chi connectivity index (χ0n) is 9.64. The Balaban J connectivity index is 2.73. The third-order valence-electron chi connectivity index (χ3n) is 2.90. The molecular formula is C11H19ClN2S. The number of rotatable bonds is 6. The number of aryl methyl sites for hydroxylation is 1. The highest BCUT2D eigenvalue weighted by Gasteiger charge is 2.25. The van der Waals surface area contributed by atoms with Crippen LogP contribution < -0.4 is 5.32 Å². The average molecular weight is 247 g/mol. The number of aromatic nitrogens is 1. The molecule has 0 aromatic carbocycles. The van der Waals surface area contributed by atoms with Crippen molar-refractivity contribution in [2.24, 2.45) is 0 Å². The minimum Gasteiger partial charge on any atom is -0.355 e. The molecule has 86 valence electrons. The van der Waals surface area contributed by atoms with Gasteiger partial charge in [-0.3, -0.25) is 0 Å². The fraction of sp³-hybridized carbons (Fsp3) is 0.727. The predicted molar refractivity (Wildman–Crippen MR) is 69.1 cm³/mol. The van der Waals surface area contributed by atoms with Crippen LogP contribution in [0.4, 0.5) is 5.13 Å². The smallest absolute Gasteiger partial charge is 0.183 e. The van der Waals surface area contributed by atoms with Gasteiger partial charge in [0, 0.05) is 11.3 Å². The molecule has 0 spiro atoms. The maximum absolute atomic E-state index is 6.03. The lowest BCUT2D eigenvalue weighted by molar-refractivity contribution is 0.484. The summed E-state index contributed by atoms with van der Waals surface area (Å²) in [5, 5.41) is 6.57. The molecule has 1 N–H and O–H groups in total. The maximum atomic E-state index is 6.03. The monoisotopic (exact) mass is 246 g/mol. The number of hydrogen-bond donors (Lipinski definition) is 1. The number of anilines is 1. The highest BCUT2D eigenvalue weighted by Crippen LogP contribution is 2.26. The van der Waals surface area contributed by atoms with Crippen molar-refractivity contribution < 1.29 is 0 Å². The second-order valence-electron chi connectivity index (χ2n) is 3.74. The molecule has 0 aliphatic carbocycles. The van der Waals surface area contributed by atoms with Crippen molar-refractivity contribution in [3.05, 3.63) is 11.1 Å². The Morgan fingerprint density at radius 3 is 2.47 bits per heavy atom. The fourth-order valence-electron chi connectivity index (χ4n) is 1.40. The molecule has 1 aromatic heterocycles. The van der Waals surface area contributed by atoms with Gasteiger partial charge < -0.3 is 5.32 Å². The van der Waals surface area contributed by atoms with Crippen molar-refractivity contribution >= 4 is 28.1 Å². The largest absolute Gasteiger partial charge is 0.355 e. The van der Waals surface area contributed by atoms with Gasteiger partial charge in [-0.1, -0.05) is 20.8 Å². The van der Waals surface area contributed by atoms with Crippen LogP contribution >= 0.6 is 22.9 Å². The summed E-state index contributed by atoms with van der Waals surface area (Å²) in [6.07, 6.45) is 3.03. The van der Waals surface area contributed by atoms with E-state index in [1.807, 2.05) is 0 Å². The molecule has 0 saturated heterocycles. The van der Waals surface area contributed by atoms with Crippen molar-refractivity contribution in [1.82, 2.24) is 4.98 Å². The Kier molecular flexibility index (Phi) is 4.87. The molecular weight excluding hydrogens is 228 g/mol. The van der Waals surface area contributed by atoms with E-state index in [0.717, 1.165) is 30.1 Å². The first-order chi connectivity index (χ1) is 7.19. The summed E-state index contributed by atoms with van der Waals surface area (Å²) in [7, 11) is 0. The second kappa shape index (κ2) is 5.71. The Hall–Kier alpha value is -0.280. The lowest BCUT2D eigenvalue weighted by Crippen LogP contribution is -2.38. The Labute approximate surface area is 101 Å². The first kappa shape index (κ1) is 12.8. The molecule has 0 saturated carbocycles. The molecule has 4 heteroatoms. The van der Waals surface area contributed by atoms with Crippen LogP contribution in [-0.2, 0) is 6.42 Å². The van der Waals surface area contributed by atoms with Gasteiger partial charge >= 0.3 is 0 Å². The predicted octanol–water partition coefficient (Wildman–Crippen LogP) is 3.92. The standard InChI is InChI=1S/C11H19ClN2S/c1-4-9-7-15-10(13-9)14-11(5-2,6-3)8-12/h7H,4-6,8H2,1-3H3,(H,13,14). The molecule has 0 bridgehead atoms. The summed E-state index contributed by atoms with van der Waals surface area (Å²) in [6.45, 7) is 6.44. The van der Waals surface area contributed by atoms with Crippen molar-refractivity contribution in [2.45, 2.75) is 45.6 Å². The van der Waals surface area contributed by atoms with E-state index in [-0.39, 0.29) is 5.54 Å². The van der Waals surface area contributed by atoms with Crippen LogP contribution in [0.25, 0.3) is 0 Å². The second-order valence-corrected chi connectivity index (χ2v) is 4.87. The van der Waals surface area contributed by atoms with Gasteiger partial charge in [-0.15, -0.1) is 22.9 Å². The van der Waals surface area contributed by atoms with Crippen LogP contribution in [0.5, 0.6) is 0 Å². The number of nitrogens with one attached hydrogen (secondary N) is 1. The highest BCUT2D eigenvalue weighted by molar-refractivity contribution is 7.13. The third kappa shape index (κ3) is 3.08. The van der Waals surface area contributed by atoms with Gasteiger partial charge in [0.2, 0.25) is 0 Å². The minimum atomic E-state index is 0.00439. The molecule has 1 rings (SSSR count). The molecule has 0 aliphatic rings. The molecule has 15 heavy (non-hydrogen) atoms. The minimum absolute atomic E-state index is 0.00439. The van der Waals surface area contributed by atoms with E-state index in [1.54, 1.807) is 11.3 Å². The van der Waals surface area contributed by atoms with E-state index in [0.29, 0.717) is 5.88 Å². The normalized spacial score (nSPS) is 11.7. The van der Waals surface area contributed by atoms with E-state index in [1.165, 1.54) is 0 Å². The molecule has 0 unspecified atom stereocenters. The summed E-state index contributed by atoms with van der Waals surface area (Å²) in [5.41, 5.74) is 1.16. The molecule has 0 fully saturated rings. The van der Waals surface area contributed by atoms with Crippen LogP contribution in [0.1, 0.15) is 39.3 Å². The van der Waals surface area contributed by atoms with Crippen LogP contribution in [0, 0.1) is 0 Å². The van der Waals surface area contributed by atoms with Gasteiger partial charge in [0.15, 0.2) is 5.13 Å². The number of hydrogen-bond acceptors (Lipinski definition) is 3. The number of nitrogens with zero attached hydrogens (tertiary/aromatic N) is 1. The molecule has 0 amide bonds. The lowest BCUT2D eigenvalue weighted by atomic mass is 9.96. The van der Waals surface area contributed by atoms with Crippen LogP contribution in [0.15, 0.2) is 5.38 Å². The zero-order valence-corrected chi connectivity index (χ0v) is 11.2. The first-order valence-corrected chi connectivity index (χ1v) is 6.89. The zero-order chi connectivity index (χ0) is 11.3. The van der Waals surface area contributed by atoms with Crippen molar-refractivity contribution in [3.63, 3.8) is 0 Å². The van der Waals surface area contributed by atoms with Gasteiger partial charge in [0.25, 0.3) is 0 Å². The highest BCUT2D eigenvalue weighted by atomic mass is 35.5. The van der Waals surface area contributed by atoms with Crippen LogP contribution in [0.3, 0.4) is 0 Å². The molecule has 0 radical (unpaired) electrons. The van der Waals surface area contributed by atoms with Crippen molar-refractivity contribution in [3.8, 4) is 0 Å². The third-order valence-corrected chi connectivity index (χ3v) is 4.21. The Morgan fingerprint density at radius 1 is 1.40 bits per heavy atom. The molecule has 0 aliphatic heterocycles. The van der Waals surface area contributed by atoms with Gasteiger partial charge in [0.1, 0.15) is 0 Å². The van der Waals surface area contributed by atoms with E-state index in [4.69, 9.17) is 11.6 Å². The summed E-state index contributed by atoms with van der Waals surface area (Å²) in [4.78, 5) is 4.51. The number of thiazole rings is 1. The topological polar surface area (TPSA) is 24.9 Å².